The number of piperidine rings is 1. The molecule has 1 aliphatic heterocycles. The van der Waals surface area contributed by atoms with Gasteiger partial charge in [0.2, 0.25) is 10.1 Å². The minimum atomic E-state index is -0.917. The Balaban J connectivity index is 1.54. The fourth-order valence-electron chi connectivity index (χ4n) is 2.63. The molecule has 1 saturated heterocycles. The monoisotopic (exact) mass is 479 g/mol. The van der Waals surface area contributed by atoms with Crippen LogP contribution in [0.1, 0.15) is 33.6 Å². The van der Waals surface area contributed by atoms with E-state index in [0.29, 0.717) is 25.9 Å². The molecule has 0 bridgehead atoms. The van der Waals surface area contributed by atoms with Gasteiger partial charge in [0.05, 0.1) is 11.8 Å². The van der Waals surface area contributed by atoms with Crippen LogP contribution in [0.2, 0.25) is 0 Å². The lowest BCUT2D eigenvalue weighted by Gasteiger charge is -2.38. The van der Waals surface area contributed by atoms with Crippen LogP contribution in [0, 0.1) is 3.70 Å². The minimum Gasteiger partial charge on any atom is -0.444 e. The molecule has 2 aromatic heterocycles. The average Bonchev–Trinajstić information content (AvgIpc) is 3.07. The average molecular weight is 479 g/mol. The number of halogens is 1. The zero-order valence-corrected chi connectivity index (χ0v) is 17.4. The number of aromatic nitrogens is 3. The van der Waals surface area contributed by atoms with Crippen LogP contribution in [0.15, 0.2) is 6.20 Å². The Kier molecular flexibility index (Phi) is 5.13. The number of aliphatic hydroxyl groups is 1. The Morgan fingerprint density at radius 1 is 1.48 bits per heavy atom. The number of anilines is 1. The molecule has 138 valence electrons. The van der Waals surface area contributed by atoms with Crippen molar-refractivity contribution in [2.45, 2.75) is 44.8 Å². The summed E-state index contributed by atoms with van der Waals surface area (Å²) in [5, 5.41) is 18.8. The molecule has 1 aliphatic rings. The number of hydrogen-bond donors (Lipinski definition) is 2. The van der Waals surface area contributed by atoms with E-state index in [-0.39, 0.29) is 6.54 Å². The van der Waals surface area contributed by atoms with Crippen LogP contribution in [0.4, 0.5) is 9.93 Å². The highest BCUT2D eigenvalue weighted by Gasteiger charge is 2.34. The molecule has 0 aromatic carbocycles. The summed E-state index contributed by atoms with van der Waals surface area (Å²) in [4.78, 5) is 19.1. The highest BCUT2D eigenvalue weighted by atomic mass is 127. The number of nitrogens with one attached hydrogen (secondary N) is 1. The summed E-state index contributed by atoms with van der Waals surface area (Å²) in [7, 11) is 0. The number of ether oxygens (including phenoxy) is 1. The van der Waals surface area contributed by atoms with E-state index in [1.54, 1.807) is 6.20 Å². The van der Waals surface area contributed by atoms with Gasteiger partial charge in [-0.1, -0.05) is 11.3 Å². The molecule has 0 aliphatic carbocycles. The van der Waals surface area contributed by atoms with E-state index in [4.69, 9.17) is 4.74 Å². The van der Waals surface area contributed by atoms with Gasteiger partial charge in [-0.3, -0.25) is 0 Å². The Morgan fingerprint density at radius 2 is 2.16 bits per heavy atom. The number of carbonyl (C=O) groups is 1. The zero-order chi connectivity index (χ0) is 18.2. The Morgan fingerprint density at radius 3 is 2.76 bits per heavy atom. The number of fused-ring (bicyclic) bond motifs is 1. The first kappa shape index (κ1) is 18.6. The molecule has 0 saturated carbocycles. The molecule has 3 heterocycles. The van der Waals surface area contributed by atoms with Crippen LogP contribution in [-0.4, -0.2) is 56.6 Å². The summed E-state index contributed by atoms with van der Waals surface area (Å²) in [5.74, 6) is 0. The third kappa shape index (κ3) is 4.53. The van der Waals surface area contributed by atoms with Gasteiger partial charge >= 0.3 is 6.09 Å². The lowest BCUT2D eigenvalue weighted by atomic mass is 9.91. The first-order valence-corrected chi connectivity index (χ1v) is 9.99. The predicted molar refractivity (Wildman–Crippen MR) is 104 cm³/mol. The fraction of sp³-hybridized carbons (Fsp3) is 0.667. The van der Waals surface area contributed by atoms with Gasteiger partial charge in [-0.25, -0.2) is 9.78 Å². The second-order valence-electron chi connectivity index (χ2n) is 7.23. The molecule has 0 atom stereocenters. The summed E-state index contributed by atoms with van der Waals surface area (Å²) in [5.41, 5.74) is -1.46. The molecule has 8 nitrogen and oxygen atoms in total. The summed E-state index contributed by atoms with van der Waals surface area (Å²) in [6.07, 6.45) is 2.41. The maximum Gasteiger partial charge on any atom is 0.407 e. The number of alkyl carbamates (subject to hydrolysis) is 1. The van der Waals surface area contributed by atoms with Crippen molar-refractivity contribution >= 4 is 50.1 Å². The topological polar surface area (TPSA) is 92.0 Å². The highest BCUT2D eigenvalue weighted by Crippen LogP contribution is 2.29. The standard InChI is InChI=1S/C15H22IN5O3S/c1-14(2,3)24-13(22)18-9-15(23)4-6-20(7-5-15)12-19-21-10(16)8-17-11(21)25-12/h8,23H,4-7,9H2,1-3H3,(H,18,22). The number of amides is 1. The molecule has 1 fully saturated rings. The van der Waals surface area contributed by atoms with Crippen LogP contribution in [0.25, 0.3) is 4.96 Å². The van der Waals surface area contributed by atoms with Gasteiger partial charge in [0.1, 0.15) is 9.30 Å². The van der Waals surface area contributed by atoms with Gasteiger partial charge < -0.3 is 20.1 Å². The molecule has 2 aromatic rings. The van der Waals surface area contributed by atoms with E-state index >= 15 is 0 Å². The first-order valence-electron chi connectivity index (χ1n) is 8.09. The van der Waals surface area contributed by atoms with Gasteiger partial charge in [-0.15, -0.1) is 5.10 Å². The number of imidazole rings is 1. The zero-order valence-electron chi connectivity index (χ0n) is 14.5. The summed E-state index contributed by atoms with van der Waals surface area (Å²) < 4.78 is 8.01. The van der Waals surface area contributed by atoms with Gasteiger partial charge in [0.15, 0.2) is 0 Å². The van der Waals surface area contributed by atoms with E-state index in [2.05, 4.69) is 42.9 Å². The molecule has 0 radical (unpaired) electrons. The molecule has 3 rings (SSSR count). The Bertz CT molecular complexity index is 761. The molecule has 10 heteroatoms. The van der Waals surface area contributed by atoms with Gasteiger partial charge in [-0.2, -0.15) is 4.52 Å². The molecular weight excluding hydrogens is 457 g/mol. The summed E-state index contributed by atoms with van der Waals surface area (Å²) >= 11 is 3.74. The van der Waals surface area contributed by atoms with Gasteiger partial charge in [0, 0.05) is 19.6 Å². The minimum absolute atomic E-state index is 0.189. The SMILES string of the molecule is CC(C)(C)OC(=O)NCC1(O)CCN(c2nn3c(I)cnc3s2)CC1. The van der Waals surface area contributed by atoms with Gasteiger partial charge in [-0.05, 0) is 56.2 Å². The maximum atomic E-state index is 11.8. The third-order valence-corrected chi connectivity index (χ3v) is 5.68. The van der Waals surface area contributed by atoms with Crippen molar-refractivity contribution in [3.8, 4) is 0 Å². The van der Waals surface area contributed by atoms with E-state index in [1.807, 2.05) is 25.3 Å². The largest absolute Gasteiger partial charge is 0.444 e. The van der Waals surface area contributed by atoms with Gasteiger partial charge in [0.25, 0.3) is 0 Å². The van der Waals surface area contributed by atoms with Crippen molar-refractivity contribution in [1.29, 1.82) is 0 Å². The van der Waals surface area contributed by atoms with Crippen molar-refractivity contribution in [2.24, 2.45) is 0 Å². The third-order valence-electron chi connectivity index (χ3n) is 3.96. The van der Waals surface area contributed by atoms with E-state index in [9.17, 15) is 9.90 Å². The maximum absolute atomic E-state index is 11.8. The number of nitrogens with zero attached hydrogens (tertiary/aromatic N) is 4. The number of carbonyl (C=O) groups excluding carboxylic acids is 1. The molecule has 0 spiro atoms. The van der Waals surface area contributed by atoms with E-state index in [0.717, 1.165) is 13.8 Å². The molecule has 2 N–H and O–H groups in total. The normalized spacial score (nSPS) is 17.7. The number of hydrogen-bond acceptors (Lipinski definition) is 7. The van der Waals surface area contributed by atoms with Crippen molar-refractivity contribution in [3.63, 3.8) is 0 Å². The van der Waals surface area contributed by atoms with Crippen LogP contribution in [0.3, 0.4) is 0 Å². The summed E-state index contributed by atoms with van der Waals surface area (Å²) in [6.45, 7) is 6.98. The van der Waals surface area contributed by atoms with E-state index in [1.165, 1.54) is 11.3 Å². The van der Waals surface area contributed by atoms with Crippen molar-refractivity contribution in [2.75, 3.05) is 24.5 Å². The second-order valence-corrected chi connectivity index (χ2v) is 9.27. The van der Waals surface area contributed by atoms with Crippen LogP contribution < -0.4 is 10.2 Å². The highest BCUT2D eigenvalue weighted by molar-refractivity contribution is 14.1. The Hall–Kier alpha value is -1.14. The molecule has 1 amide bonds. The fourth-order valence-corrected chi connectivity index (χ4v) is 4.19. The van der Waals surface area contributed by atoms with E-state index < -0.39 is 17.3 Å². The lowest BCUT2D eigenvalue weighted by molar-refractivity contribution is 0.00798. The quantitative estimate of drug-likeness (QED) is 0.657. The molecule has 25 heavy (non-hydrogen) atoms. The summed E-state index contributed by atoms with van der Waals surface area (Å²) in [6, 6.07) is 0. The second kappa shape index (κ2) is 6.88. The predicted octanol–water partition coefficient (Wildman–Crippen LogP) is 2.25. The first-order chi connectivity index (χ1) is 11.7. The smallest absolute Gasteiger partial charge is 0.407 e. The van der Waals surface area contributed by atoms with Crippen molar-refractivity contribution in [1.82, 2.24) is 19.9 Å². The molecule has 0 unspecified atom stereocenters. The number of rotatable bonds is 3. The van der Waals surface area contributed by atoms with Crippen LogP contribution >= 0.6 is 33.9 Å². The molecular formula is C15H22IN5O3S. The lowest BCUT2D eigenvalue weighted by Crippen LogP contribution is -2.51. The van der Waals surface area contributed by atoms with Crippen molar-refractivity contribution in [3.05, 3.63) is 9.90 Å². The van der Waals surface area contributed by atoms with Crippen LogP contribution in [0.5, 0.6) is 0 Å². The van der Waals surface area contributed by atoms with Crippen LogP contribution in [-0.2, 0) is 4.74 Å². The van der Waals surface area contributed by atoms with Crippen molar-refractivity contribution < 1.29 is 14.6 Å². The Labute approximate surface area is 163 Å².